The van der Waals surface area contributed by atoms with E-state index in [-0.39, 0.29) is 0 Å². The fourth-order valence-electron chi connectivity index (χ4n) is 3.47. The molecule has 3 heterocycles. The highest BCUT2D eigenvalue weighted by molar-refractivity contribution is 5.77. The van der Waals surface area contributed by atoms with Crippen molar-refractivity contribution in [2.24, 2.45) is 5.92 Å². The van der Waals surface area contributed by atoms with Crippen LogP contribution in [0.5, 0.6) is 6.01 Å². The van der Waals surface area contributed by atoms with Crippen LogP contribution in [0.1, 0.15) is 11.1 Å². The third-order valence-electron chi connectivity index (χ3n) is 4.74. The molecule has 0 amide bonds. The molecule has 6 heteroatoms. The summed E-state index contributed by atoms with van der Waals surface area (Å²) >= 11 is 0. The van der Waals surface area contributed by atoms with Crippen LogP contribution in [0.15, 0.2) is 47.3 Å². The van der Waals surface area contributed by atoms with Gasteiger partial charge in [-0.1, -0.05) is 12.1 Å². The van der Waals surface area contributed by atoms with Crippen LogP contribution in [0.2, 0.25) is 0 Å². The zero-order valence-electron chi connectivity index (χ0n) is 14.9. The Bertz CT molecular complexity index is 847. The van der Waals surface area contributed by atoms with Gasteiger partial charge in [-0.3, -0.25) is 4.90 Å². The van der Waals surface area contributed by atoms with Crippen LogP contribution in [0.3, 0.4) is 0 Å². The Morgan fingerprint density at radius 1 is 1.19 bits per heavy atom. The Labute approximate surface area is 152 Å². The maximum Gasteiger partial charge on any atom is 0.316 e. The summed E-state index contributed by atoms with van der Waals surface area (Å²) in [4.78, 5) is 10.8. The second-order valence-electron chi connectivity index (χ2n) is 6.75. The minimum Gasteiger partial charge on any atom is -0.467 e. The molecule has 2 aromatic heterocycles. The molecule has 0 bridgehead atoms. The Hall–Kier alpha value is -2.44. The molecule has 1 aromatic carbocycles. The molecule has 6 nitrogen and oxygen atoms in total. The van der Waals surface area contributed by atoms with Crippen molar-refractivity contribution in [2.45, 2.75) is 13.0 Å². The van der Waals surface area contributed by atoms with Gasteiger partial charge in [0.15, 0.2) is 0 Å². The summed E-state index contributed by atoms with van der Waals surface area (Å²) in [5, 5.41) is 1.15. The zero-order valence-corrected chi connectivity index (χ0v) is 14.9. The molecule has 1 fully saturated rings. The first-order valence-corrected chi connectivity index (χ1v) is 8.91. The summed E-state index contributed by atoms with van der Waals surface area (Å²) in [6.45, 7) is 4.26. The second kappa shape index (κ2) is 7.85. The first-order chi connectivity index (χ1) is 12.8. The Kier molecular flexibility index (Phi) is 5.13. The van der Waals surface area contributed by atoms with Crippen molar-refractivity contribution >= 4 is 11.0 Å². The number of aromatic nitrogens is 2. The first kappa shape index (κ1) is 17.0. The lowest BCUT2D eigenvalue weighted by Gasteiger charge is -2.23. The number of nitrogens with zero attached hydrogens (tertiary/aromatic N) is 3. The fraction of sp³-hybridized carbons (Fsp3) is 0.400. The molecule has 4 rings (SSSR count). The number of benzene rings is 1. The number of hydrogen-bond acceptors (Lipinski definition) is 6. The van der Waals surface area contributed by atoms with Crippen LogP contribution in [-0.2, 0) is 17.7 Å². The molecule has 136 valence electrons. The van der Waals surface area contributed by atoms with Gasteiger partial charge in [-0.15, -0.1) is 0 Å². The highest BCUT2D eigenvalue weighted by Gasteiger charge is 2.20. The van der Waals surface area contributed by atoms with Gasteiger partial charge in [0, 0.05) is 43.0 Å². The summed E-state index contributed by atoms with van der Waals surface area (Å²) in [7, 11) is 1.58. The maximum atomic E-state index is 5.84. The fourth-order valence-corrected chi connectivity index (χ4v) is 3.47. The number of furan rings is 1. The molecule has 1 saturated heterocycles. The van der Waals surface area contributed by atoms with Crippen LogP contribution in [0.25, 0.3) is 11.0 Å². The van der Waals surface area contributed by atoms with Crippen molar-refractivity contribution in [3.63, 3.8) is 0 Å². The average molecular weight is 353 g/mol. The molecule has 1 atom stereocenters. The lowest BCUT2D eigenvalue weighted by atomic mass is 9.99. The van der Waals surface area contributed by atoms with E-state index >= 15 is 0 Å². The van der Waals surface area contributed by atoms with Crippen LogP contribution in [-0.4, -0.2) is 48.3 Å². The summed E-state index contributed by atoms with van der Waals surface area (Å²) in [5.74, 6) is 0.448. The molecular weight excluding hydrogens is 330 g/mol. The van der Waals surface area contributed by atoms with Crippen LogP contribution >= 0.6 is 0 Å². The van der Waals surface area contributed by atoms with Gasteiger partial charge >= 0.3 is 6.01 Å². The third-order valence-corrected chi connectivity index (χ3v) is 4.74. The first-order valence-electron chi connectivity index (χ1n) is 8.91. The van der Waals surface area contributed by atoms with Gasteiger partial charge in [-0.25, -0.2) is 9.97 Å². The van der Waals surface area contributed by atoms with E-state index in [0.29, 0.717) is 11.9 Å². The molecule has 1 aliphatic heterocycles. The van der Waals surface area contributed by atoms with Gasteiger partial charge in [0.2, 0.25) is 0 Å². The normalized spacial score (nSPS) is 18.7. The Morgan fingerprint density at radius 3 is 2.92 bits per heavy atom. The molecule has 0 spiro atoms. The largest absolute Gasteiger partial charge is 0.467 e. The number of ether oxygens (including phenoxy) is 2. The number of methoxy groups -OCH3 is 1. The number of fused-ring (bicyclic) bond motifs is 1. The van der Waals surface area contributed by atoms with E-state index in [0.717, 1.165) is 55.8 Å². The van der Waals surface area contributed by atoms with E-state index in [9.17, 15) is 0 Å². The minimum atomic E-state index is 0.402. The van der Waals surface area contributed by atoms with Crippen molar-refractivity contribution < 1.29 is 13.9 Å². The van der Waals surface area contributed by atoms with E-state index < -0.39 is 0 Å². The third kappa shape index (κ3) is 4.03. The predicted octanol–water partition coefficient (Wildman–Crippen LogP) is 2.92. The summed E-state index contributed by atoms with van der Waals surface area (Å²) in [6, 6.07) is 8.84. The predicted molar refractivity (Wildman–Crippen MR) is 98.1 cm³/mol. The maximum absolute atomic E-state index is 5.84. The molecule has 26 heavy (non-hydrogen) atoms. The topological polar surface area (TPSA) is 60.6 Å². The van der Waals surface area contributed by atoms with Gasteiger partial charge in [0.1, 0.15) is 5.58 Å². The van der Waals surface area contributed by atoms with Crippen molar-refractivity contribution in [1.29, 1.82) is 0 Å². The summed E-state index contributed by atoms with van der Waals surface area (Å²) in [5.41, 5.74) is 3.32. The number of rotatable bonds is 5. The highest BCUT2D eigenvalue weighted by Crippen LogP contribution is 2.21. The Balaban J connectivity index is 1.41. The molecule has 0 saturated carbocycles. The highest BCUT2D eigenvalue weighted by atomic mass is 16.5. The smallest absolute Gasteiger partial charge is 0.316 e. The Morgan fingerprint density at radius 2 is 2.08 bits per heavy atom. The standard InChI is InChI=1S/C20H23N3O3/c1-24-20-21-10-17(11-22-20)13-23-5-7-25-14-16(12-23)8-15-2-3-18-4-6-26-19(18)9-15/h2-4,6,9-11,16H,5,7-8,12-14H2,1H3. The molecule has 1 unspecified atom stereocenters. The van der Waals surface area contributed by atoms with Crippen LogP contribution in [0, 0.1) is 5.92 Å². The molecule has 0 radical (unpaired) electrons. The van der Waals surface area contributed by atoms with Crippen molar-refractivity contribution in [3.05, 3.63) is 54.0 Å². The van der Waals surface area contributed by atoms with Crippen molar-refractivity contribution in [3.8, 4) is 6.01 Å². The lowest BCUT2D eigenvalue weighted by molar-refractivity contribution is 0.121. The van der Waals surface area contributed by atoms with Gasteiger partial charge in [-0.2, -0.15) is 0 Å². The number of hydrogen-bond donors (Lipinski definition) is 0. The molecule has 1 aliphatic rings. The van der Waals surface area contributed by atoms with Gasteiger partial charge in [-0.05, 0) is 30.0 Å². The van der Waals surface area contributed by atoms with Crippen LogP contribution < -0.4 is 4.74 Å². The van der Waals surface area contributed by atoms with Gasteiger partial charge in [0.25, 0.3) is 0 Å². The van der Waals surface area contributed by atoms with E-state index in [1.807, 2.05) is 18.5 Å². The summed E-state index contributed by atoms with van der Waals surface area (Å²) in [6.07, 6.45) is 6.38. The van der Waals surface area contributed by atoms with E-state index in [1.165, 1.54) is 5.56 Å². The van der Waals surface area contributed by atoms with E-state index in [2.05, 4.69) is 33.1 Å². The van der Waals surface area contributed by atoms with Gasteiger partial charge < -0.3 is 13.9 Å². The SMILES string of the molecule is COc1ncc(CN2CCOCC(Cc3ccc4ccoc4c3)C2)cn1. The molecular formula is C20H23N3O3. The monoisotopic (exact) mass is 353 g/mol. The van der Waals surface area contributed by atoms with E-state index in [1.54, 1.807) is 13.4 Å². The van der Waals surface area contributed by atoms with Crippen molar-refractivity contribution in [2.75, 3.05) is 33.4 Å². The minimum absolute atomic E-state index is 0.402. The van der Waals surface area contributed by atoms with Crippen molar-refractivity contribution in [1.82, 2.24) is 14.9 Å². The second-order valence-corrected chi connectivity index (χ2v) is 6.75. The van der Waals surface area contributed by atoms with E-state index in [4.69, 9.17) is 13.9 Å². The molecule has 0 aliphatic carbocycles. The van der Waals surface area contributed by atoms with Crippen LogP contribution in [0.4, 0.5) is 0 Å². The molecule has 0 N–H and O–H groups in total. The summed E-state index contributed by atoms with van der Waals surface area (Å²) < 4.78 is 16.4. The van der Waals surface area contributed by atoms with Gasteiger partial charge in [0.05, 0.1) is 26.6 Å². The quantitative estimate of drug-likeness (QED) is 0.703. The average Bonchev–Trinajstić information content (AvgIpc) is 3.02. The lowest BCUT2D eigenvalue weighted by Crippen LogP contribution is -2.30. The molecule has 3 aromatic rings. The zero-order chi connectivity index (χ0) is 17.8.